The molecule has 0 aliphatic heterocycles. The van der Waals surface area contributed by atoms with Crippen LogP contribution in [0.3, 0.4) is 0 Å². The minimum absolute atomic E-state index is 0.133. The number of hydrogen-bond acceptors (Lipinski definition) is 2. The summed E-state index contributed by atoms with van der Waals surface area (Å²) in [5.74, 6) is -0.241. The monoisotopic (exact) mass is 317 g/mol. The van der Waals surface area contributed by atoms with Crippen molar-refractivity contribution in [3.63, 3.8) is 0 Å². The van der Waals surface area contributed by atoms with Gasteiger partial charge in [-0.1, -0.05) is 22.0 Å². The lowest BCUT2D eigenvalue weighted by atomic mass is 10.2. The van der Waals surface area contributed by atoms with E-state index in [9.17, 15) is 9.18 Å². The van der Waals surface area contributed by atoms with Crippen LogP contribution in [-0.4, -0.2) is 38.1 Å². The Kier molecular flexibility index (Phi) is 6.07. The Bertz CT molecular complexity index is 412. The minimum atomic E-state index is -0.241. The molecule has 2 N–H and O–H groups in total. The standard InChI is InChI=1S/C12H17BrFN3O/c1-17(2)12(18)16-6-5-15-8-9-3-4-10(13)7-11(9)14/h3-4,7,15H,5-6,8H2,1-2H3,(H,16,18). The molecule has 0 aromatic heterocycles. The van der Waals surface area contributed by atoms with Gasteiger partial charge < -0.3 is 15.5 Å². The summed E-state index contributed by atoms with van der Waals surface area (Å²) in [5, 5.41) is 5.78. The van der Waals surface area contributed by atoms with Gasteiger partial charge in [0.25, 0.3) is 0 Å². The van der Waals surface area contributed by atoms with Crippen molar-refractivity contribution < 1.29 is 9.18 Å². The minimum Gasteiger partial charge on any atom is -0.337 e. The second-order valence-corrected chi connectivity index (χ2v) is 4.95. The van der Waals surface area contributed by atoms with Crippen LogP contribution in [0, 0.1) is 5.82 Å². The molecule has 4 nitrogen and oxygen atoms in total. The topological polar surface area (TPSA) is 44.4 Å². The maximum absolute atomic E-state index is 13.4. The van der Waals surface area contributed by atoms with E-state index in [0.717, 1.165) is 4.47 Å². The summed E-state index contributed by atoms with van der Waals surface area (Å²) in [7, 11) is 3.36. The second-order valence-electron chi connectivity index (χ2n) is 4.04. The molecule has 0 aliphatic carbocycles. The van der Waals surface area contributed by atoms with Crippen LogP contribution in [0.1, 0.15) is 5.56 Å². The molecule has 1 aromatic rings. The van der Waals surface area contributed by atoms with E-state index in [4.69, 9.17) is 0 Å². The van der Waals surface area contributed by atoms with Crippen molar-refractivity contribution in [3.8, 4) is 0 Å². The predicted molar refractivity (Wildman–Crippen MR) is 72.9 cm³/mol. The molecule has 1 aromatic carbocycles. The van der Waals surface area contributed by atoms with Crippen molar-refractivity contribution in [3.05, 3.63) is 34.1 Å². The molecular weight excluding hydrogens is 301 g/mol. The first-order chi connectivity index (χ1) is 8.50. The maximum atomic E-state index is 13.4. The third-order valence-corrected chi connectivity index (χ3v) is 2.81. The van der Waals surface area contributed by atoms with Gasteiger partial charge in [0.1, 0.15) is 5.82 Å². The smallest absolute Gasteiger partial charge is 0.316 e. The summed E-state index contributed by atoms with van der Waals surface area (Å²) in [6, 6.07) is 4.83. The highest BCUT2D eigenvalue weighted by atomic mass is 79.9. The fourth-order valence-corrected chi connectivity index (χ4v) is 1.64. The third-order valence-electron chi connectivity index (χ3n) is 2.31. The fourth-order valence-electron chi connectivity index (χ4n) is 1.30. The number of nitrogens with zero attached hydrogens (tertiary/aromatic N) is 1. The molecule has 0 unspecified atom stereocenters. The number of carbonyl (C=O) groups is 1. The van der Waals surface area contributed by atoms with Crippen molar-refractivity contribution in [1.82, 2.24) is 15.5 Å². The molecular formula is C12H17BrFN3O. The van der Waals surface area contributed by atoms with Crippen LogP contribution in [0.5, 0.6) is 0 Å². The molecule has 0 saturated carbocycles. The first-order valence-corrected chi connectivity index (χ1v) is 6.40. The van der Waals surface area contributed by atoms with Crippen molar-refractivity contribution >= 4 is 22.0 Å². The first kappa shape index (κ1) is 14.9. The van der Waals surface area contributed by atoms with E-state index < -0.39 is 0 Å². The lowest BCUT2D eigenvalue weighted by molar-refractivity contribution is 0.217. The van der Waals surface area contributed by atoms with Gasteiger partial charge in [-0.2, -0.15) is 0 Å². The number of rotatable bonds is 5. The maximum Gasteiger partial charge on any atom is 0.316 e. The van der Waals surface area contributed by atoms with Crippen molar-refractivity contribution in [2.24, 2.45) is 0 Å². The van der Waals surface area contributed by atoms with E-state index in [1.165, 1.54) is 11.0 Å². The molecule has 0 saturated heterocycles. The van der Waals surface area contributed by atoms with Crippen LogP contribution in [0.4, 0.5) is 9.18 Å². The lowest BCUT2D eigenvalue weighted by Gasteiger charge is -2.12. The lowest BCUT2D eigenvalue weighted by Crippen LogP contribution is -2.38. The normalized spacial score (nSPS) is 10.2. The Morgan fingerprint density at radius 1 is 1.39 bits per heavy atom. The molecule has 100 valence electrons. The average Bonchev–Trinajstić information content (AvgIpc) is 2.30. The Morgan fingerprint density at radius 3 is 2.72 bits per heavy atom. The van der Waals surface area contributed by atoms with Gasteiger partial charge in [-0.3, -0.25) is 0 Å². The highest BCUT2D eigenvalue weighted by Crippen LogP contribution is 2.14. The van der Waals surface area contributed by atoms with E-state index in [1.54, 1.807) is 26.2 Å². The summed E-state index contributed by atoms with van der Waals surface area (Å²) < 4.78 is 14.2. The van der Waals surface area contributed by atoms with Crippen LogP contribution < -0.4 is 10.6 Å². The third kappa shape index (κ3) is 5.01. The Morgan fingerprint density at radius 2 is 2.11 bits per heavy atom. The number of halogens is 2. The highest BCUT2D eigenvalue weighted by Gasteiger charge is 2.03. The van der Waals surface area contributed by atoms with Gasteiger partial charge in [-0.05, 0) is 12.1 Å². The molecule has 0 spiro atoms. The highest BCUT2D eigenvalue weighted by molar-refractivity contribution is 9.10. The number of benzene rings is 1. The second kappa shape index (κ2) is 7.33. The number of hydrogen-bond donors (Lipinski definition) is 2. The Hall–Kier alpha value is -1.14. The zero-order valence-corrected chi connectivity index (χ0v) is 12.1. The van der Waals surface area contributed by atoms with E-state index in [-0.39, 0.29) is 11.8 Å². The molecule has 18 heavy (non-hydrogen) atoms. The quantitative estimate of drug-likeness (QED) is 0.815. The predicted octanol–water partition coefficient (Wildman–Crippen LogP) is 1.95. The zero-order valence-electron chi connectivity index (χ0n) is 10.5. The largest absolute Gasteiger partial charge is 0.337 e. The van der Waals surface area contributed by atoms with Crippen LogP contribution >= 0.6 is 15.9 Å². The van der Waals surface area contributed by atoms with Crippen molar-refractivity contribution in [2.45, 2.75) is 6.54 Å². The SMILES string of the molecule is CN(C)C(=O)NCCNCc1ccc(Br)cc1F. The molecule has 0 fully saturated rings. The summed E-state index contributed by atoms with van der Waals surface area (Å²) in [6.07, 6.45) is 0. The van der Waals surface area contributed by atoms with Crippen LogP contribution in [0.2, 0.25) is 0 Å². The van der Waals surface area contributed by atoms with E-state index in [1.807, 2.05) is 0 Å². The summed E-state index contributed by atoms with van der Waals surface area (Å²) in [5.41, 5.74) is 0.608. The van der Waals surface area contributed by atoms with Crippen molar-refractivity contribution in [1.29, 1.82) is 0 Å². The van der Waals surface area contributed by atoms with Crippen molar-refractivity contribution in [2.75, 3.05) is 27.2 Å². The van der Waals surface area contributed by atoms with Gasteiger partial charge in [-0.15, -0.1) is 0 Å². The van der Waals surface area contributed by atoms with Gasteiger partial charge in [-0.25, -0.2) is 9.18 Å². The zero-order chi connectivity index (χ0) is 13.5. The summed E-state index contributed by atoms with van der Waals surface area (Å²) >= 11 is 3.21. The number of nitrogens with one attached hydrogen (secondary N) is 2. The molecule has 2 amide bonds. The average molecular weight is 318 g/mol. The number of urea groups is 1. The summed E-state index contributed by atoms with van der Waals surface area (Å²) in [4.78, 5) is 12.7. The van der Waals surface area contributed by atoms with E-state index in [2.05, 4.69) is 26.6 Å². The van der Waals surface area contributed by atoms with E-state index >= 15 is 0 Å². The summed E-state index contributed by atoms with van der Waals surface area (Å²) in [6.45, 7) is 1.54. The van der Waals surface area contributed by atoms with Crippen LogP contribution in [-0.2, 0) is 6.54 Å². The molecule has 0 heterocycles. The molecule has 0 aliphatic rings. The Labute approximate surface area is 115 Å². The van der Waals surface area contributed by atoms with Gasteiger partial charge in [0.15, 0.2) is 0 Å². The van der Waals surface area contributed by atoms with Crippen LogP contribution in [0.15, 0.2) is 22.7 Å². The number of carbonyl (C=O) groups excluding carboxylic acids is 1. The van der Waals surface area contributed by atoms with Gasteiger partial charge >= 0.3 is 6.03 Å². The fraction of sp³-hybridized carbons (Fsp3) is 0.417. The number of amides is 2. The molecule has 1 rings (SSSR count). The molecule has 0 bridgehead atoms. The van der Waals surface area contributed by atoms with Crippen LogP contribution in [0.25, 0.3) is 0 Å². The van der Waals surface area contributed by atoms with E-state index in [0.29, 0.717) is 25.2 Å². The molecule has 0 radical (unpaired) electrons. The Balaban J connectivity index is 2.24. The molecule has 0 atom stereocenters. The van der Waals surface area contributed by atoms with Gasteiger partial charge in [0, 0.05) is 43.8 Å². The molecule has 6 heteroatoms. The first-order valence-electron chi connectivity index (χ1n) is 5.60. The van der Waals surface area contributed by atoms with Gasteiger partial charge in [0.2, 0.25) is 0 Å². The van der Waals surface area contributed by atoms with Gasteiger partial charge in [0.05, 0.1) is 0 Å².